The number of carbonyl (C=O) groups excluding carboxylic acids is 1. The Bertz CT molecular complexity index is 405. The molecule has 0 aromatic carbocycles. The zero-order valence-electron chi connectivity index (χ0n) is 11.4. The lowest BCUT2D eigenvalue weighted by Crippen LogP contribution is -2.29. The average Bonchev–Trinajstić information content (AvgIpc) is 2.35. The molecule has 0 aliphatic rings. The van der Waals surface area contributed by atoms with Crippen LogP contribution in [0.15, 0.2) is 6.33 Å². The predicted molar refractivity (Wildman–Crippen MR) is 72.7 cm³/mol. The number of amides is 1. The number of likely N-dealkylation sites (N-methyl/N-ethyl adjacent to an activating group) is 1. The van der Waals surface area contributed by atoms with E-state index in [-0.39, 0.29) is 12.5 Å². The van der Waals surface area contributed by atoms with Gasteiger partial charge in [-0.05, 0) is 13.3 Å². The van der Waals surface area contributed by atoms with Gasteiger partial charge in [-0.15, -0.1) is 0 Å². The van der Waals surface area contributed by atoms with Crippen molar-refractivity contribution in [2.45, 2.75) is 20.3 Å². The number of hydrogen-bond donors (Lipinski definition) is 2. The van der Waals surface area contributed by atoms with Crippen LogP contribution >= 0.6 is 0 Å². The van der Waals surface area contributed by atoms with Crippen LogP contribution in [0.1, 0.15) is 18.9 Å². The van der Waals surface area contributed by atoms with Crippen molar-refractivity contribution in [3.05, 3.63) is 11.9 Å². The van der Waals surface area contributed by atoms with Crippen LogP contribution in [0.4, 0.5) is 11.6 Å². The molecule has 0 aliphatic carbocycles. The molecule has 18 heavy (non-hydrogen) atoms. The zero-order chi connectivity index (χ0) is 13.5. The van der Waals surface area contributed by atoms with Gasteiger partial charge in [0.05, 0.1) is 6.54 Å². The fraction of sp³-hybridized carbons (Fsp3) is 0.583. The quantitative estimate of drug-likeness (QED) is 0.792. The van der Waals surface area contributed by atoms with E-state index in [4.69, 9.17) is 0 Å². The van der Waals surface area contributed by atoms with E-state index in [1.165, 1.54) is 6.33 Å². The molecule has 0 fully saturated rings. The number of nitrogens with one attached hydrogen (secondary N) is 2. The van der Waals surface area contributed by atoms with E-state index in [9.17, 15) is 4.79 Å². The summed E-state index contributed by atoms with van der Waals surface area (Å²) in [6.07, 6.45) is 2.53. The van der Waals surface area contributed by atoms with Gasteiger partial charge in [-0.25, -0.2) is 9.97 Å². The SMILES string of the molecule is CCCNc1ncnc(NCC(=O)N(C)C)c1C. The molecule has 6 heteroatoms. The van der Waals surface area contributed by atoms with Crippen LogP contribution in [0.2, 0.25) is 0 Å². The molecule has 1 heterocycles. The smallest absolute Gasteiger partial charge is 0.241 e. The van der Waals surface area contributed by atoms with Crippen molar-refractivity contribution in [2.75, 3.05) is 37.8 Å². The third kappa shape index (κ3) is 3.87. The van der Waals surface area contributed by atoms with Crippen LogP contribution in [-0.4, -0.2) is 48.0 Å². The summed E-state index contributed by atoms with van der Waals surface area (Å²) in [7, 11) is 3.45. The molecule has 0 bridgehead atoms. The molecule has 0 aliphatic heterocycles. The fourth-order valence-corrected chi connectivity index (χ4v) is 1.37. The van der Waals surface area contributed by atoms with E-state index in [1.807, 2.05) is 6.92 Å². The number of nitrogens with zero attached hydrogens (tertiary/aromatic N) is 3. The van der Waals surface area contributed by atoms with Gasteiger partial charge in [0.2, 0.25) is 5.91 Å². The fourth-order valence-electron chi connectivity index (χ4n) is 1.37. The maximum Gasteiger partial charge on any atom is 0.241 e. The topological polar surface area (TPSA) is 70.1 Å². The minimum absolute atomic E-state index is 0.0103. The Morgan fingerprint density at radius 1 is 1.28 bits per heavy atom. The van der Waals surface area contributed by atoms with Crippen molar-refractivity contribution in [3.8, 4) is 0 Å². The molecule has 0 saturated carbocycles. The highest BCUT2D eigenvalue weighted by Gasteiger charge is 2.08. The number of carbonyl (C=O) groups is 1. The molecule has 0 saturated heterocycles. The summed E-state index contributed by atoms with van der Waals surface area (Å²) in [4.78, 5) is 21.4. The molecule has 6 nitrogen and oxygen atoms in total. The summed E-state index contributed by atoms with van der Waals surface area (Å²) in [5.74, 6) is 1.52. The highest BCUT2D eigenvalue weighted by molar-refractivity contribution is 5.80. The monoisotopic (exact) mass is 251 g/mol. The molecule has 1 aromatic rings. The largest absolute Gasteiger partial charge is 0.370 e. The lowest BCUT2D eigenvalue weighted by molar-refractivity contribution is -0.126. The Morgan fingerprint density at radius 2 is 1.89 bits per heavy atom. The second kappa shape index (κ2) is 6.78. The van der Waals surface area contributed by atoms with Crippen molar-refractivity contribution in [3.63, 3.8) is 0 Å². The minimum Gasteiger partial charge on any atom is -0.370 e. The lowest BCUT2D eigenvalue weighted by Gasteiger charge is -2.14. The highest BCUT2D eigenvalue weighted by atomic mass is 16.2. The summed E-state index contributed by atoms with van der Waals surface area (Å²) >= 11 is 0. The Morgan fingerprint density at radius 3 is 2.44 bits per heavy atom. The van der Waals surface area contributed by atoms with Crippen molar-refractivity contribution in [1.29, 1.82) is 0 Å². The number of anilines is 2. The first-order valence-electron chi connectivity index (χ1n) is 6.05. The van der Waals surface area contributed by atoms with E-state index in [0.717, 1.165) is 24.3 Å². The summed E-state index contributed by atoms with van der Waals surface area (Å²) < 4.78 is 0. The predicted octanol–water partition coefficient (Wildman–Crippen LogP) is 1.11. The number of aromatic nitrogens is 2. The van der Waals surface area contributed by atoms with Gasteiger partial charge in [0.15, 0.2) is 0 Å². The first-order valence-corrected chi connectivity index (χ1v) is 6.05. The Hall–Kier alpha value is -1.85. The molecular formula is C12H21N5O. The zero-order valence-corrected chi connectivity index (χ0v) is 11.4. The molecular weight excluding hydrogens is 230 g/mol. The van der Waals surface area contributed by atoms with Gasteiger partial charge < -0.3 is 15.5 Å². The Balaban J connectivity index is 2.68. The van der Waals surface area contributed by atoms with Crippen LogP contribution in [0.3, 0.4) is 0 Å². The second-order valence-corrected chi connectivity index (χ2v) is 4.26. The molecule has 0 atom stereocenters. The molecule has 1 amide bonds. The summed E-state index contributed by atoms with van der Waals surface area (Å²) in [5, 5.41) is 6.26. The van der Waals surface area contributed by atoms with E-state index >= 15 is 0 Å². The molecule has 0 unspecified atom stereocenters. The lowest BCUT2D eigenvalue weighted by atomic mass is 10.3. The summed E-state index contributed by atoms with van der Waals surface area (Å²) in [6, 6.07) is 0. The third-order valence-corrected chi connectivity index (χ3v) is 2.53. The van der Waals surface area contributed by atoms with Crippen molar-refractivity contribution in [1.82, 2.24) is 14.9 Å². The van der Waals surface area contributed by atoms with Gasteiger partial charge in [-0.2, -0.15) is 0 Å². The second-order valence-electron chi connectivity index (χ2n) is 4.26. The van der Waals surface area contributed by atoms with Gasteiger partial charge in [0.1, 0.15) is 18.0 Å². The van der Waals surface area contributed by atoms with E-state index in [0.29, 0.717) is 5.82 Å². The first kappa shape index (κ1) is 14.2. The highest BCUT2D eigenvalue weighted by Crippen LogP contribution is 2.17. The molecule has 0 spiro atoms. The van der Waals surface area contributed by atoms with Crippen molar-refractivity contribution < 1.29 is 4.79 Å². The van der Waals surface area contributed by atoms with E-state index in [2.05, 4.69) is 27.5 Å². The summed E-state index contributed by atoms with van der Waals surface area (Å²) in [6.45, 7) is 5.13. The summed E-state index contributed by atoms with van der Waals surface area (Å²) in [5.41, 5.74) is 0.928. The van der Waals surface area contributed by atoms with Crippen LogP contribution in [-0.2, 0) is 4.79 Å². The van der Waals surface area contributed by atoms with Gasteiger partial charge in [0, 0.05) is 26.2 Å². The van der Waals surface area contributed by atoms with Gasteiger partial charge in [0.25, 0.3) is 0 Å². The first-order chi connectivity index (χ1) is 8.56. The normalized spacial score (nSPS) is 10.0. The van der Waals surface area contributed by atoms with Crippen LogP contribution < -0.4 is 10.6 Å². The maximum atomic E-state index is 11.5. The average molecular weight is 251 g/mol. The number of rotatable bonds is 6. The molecule has 100 valence electrons. The Kier molecular flexibility index (Phi) is 5.35. The Labute approximate surface area is 108 Å². The maximum absolute atomic E-state index is 11.5. The number of hydrogen-bond acceptors (Lipinski definition) is 5. The molecule has 1 aromatic heterocycles. The van der Waals surface area contributed by atoms with Crippen LogP contribution in [0.25, 0.3) is 0 Å². The molecule has 0 radical (unpaired) electrons. The third-order valence-electron chi connectivity index (χ3n) is 2.53. The van der Waals surface area contributed by atoms with Gasteiger partial charge >= 0.3 is 0 Å². The molecule has 2 N–H and O–H groups in total. The van der Waals surface area contributed by atoms with Crippen LogP contribution in [0, 0.1) is 6.92 Å². The van der Waals surface area contributed by atoms with Gasteiger partial charge in [-0.3, -0.25) is 4.79 Å². The molecule has 1 rings (SSSR count). The van der Waals surface area contributed by atoms with E-state index < -0.39 is 0 Å². The minimum atomic E-state index is 0.0103. The van der Waals surface area contributed by atoms with E-state index in [1.54, 1.807) is 19.0 Å². The van der Waals surface area contributed by atoms with Gasteiger partial charge in [-0.1, -0.05) is 6.92 Å². The van der Waals surface area contributed by atoms with Crippen molar-refractivity contribution in [2.24, 2.45) is 0 Å². The van der Waals surface area contributed by atoms with Crippen LogP contribution in [0.5, 0.6) is 0 Å². The standard InChI is InChI=1S/C12H21N5O/c1-5-6-13-11-9(2)12(16-8-15-11)14-7-10(18)17(3)4/h8H,5-7H2,1-4H3,(H2,13,14,15,16). The van der Waals surface area contributed by atoms with Crippen molar-refractivity contribution >= 4 is 17.5 Å².